The molecule has 27 heavy (non-hydrogen) atoms. The van der Waals surface area contributed by atoms with E-state index in [1.807, 2.05) is 0 Å². The van der Waals surface area contributed by atoms with Crippen LogP contribution in [-0.2, 0) is 19.3 Å². The van der Waals surface area contributed by atoms with Crippen LogP contribution in [0.25, 0.3) is 0 Å². The molecule has 1 unspecified atom stereocenters. The predicted octanol–water partition coefficient (Wildman–Crippen LogP) is 6.24. The molecule has 6 nitrogen and oxygen atoms in total. The first-order valence-corrected chi connectivity index (χ1v) is 12.1. The summed E-state index contributed by atoms with van der Waals surface area (Å²) in [6.45, 7) is 4.54. The van der Waals surface area contributed by atoms with Crippen molar-refractivity contribution in [3.8, 4) is 0 Å². The van der Waals surface area contributed by atoms with E-state index in [1.54, 1.807) is 0 Å². The lowest BCUT2D eigenvalue weighted by molar-refractivity contribution is 0.0203. The van der Waals surface area contributed by atoms with Gasteiger partial charge in [-0.15, -0.1) is 0 Å². The number of ether oxygens (including phenoxy) is 1. The Morgan fingerprint density at radius 3 is 1.52 bits per heavy atom. The molecule has 4 N–H and O–H groups in total. The third-order valence-corrected chi connectivity index (χ3v) is 5.14. The minimum Gasteiger partial charge on any atom is -0.376 e. The molecule has 0 saturated heterocycles. The maximum absolute atomic E-state index is 10.6. The smallest absolute Gasteiger partial charge is 0.376 e. The van der Waals surface area contributed by atoms with Crippen molar-refractivity contribution in [2.75, 3.05) is 13.2 Å². The van der Waals surface area contributed by atoms with Crippen molar-refractivity contribution >= 4 is 10.4 Å². The van der Waals surface area contributed by atoms with Crippen LogP contribution in [0.3, 0.4) is 0 Å². The van der Waals surface area contributed by atoms with E-state index in [-0.39, 0.29) is 25.5 Å². The number of unbranched alkanes of at least 4 members (excludes halogenated alkanes) is 11. The van der Waals surface area contributed by atoms with Crippen LogP contribution in [0.4, 0.5) is 0 Å². The van der Waals surface area contributed by atoms with Crippen molar-refractivity contribution in [2.45, 2.75) is 116 Å². The molecule has 0 saturated carbocycles. The summed E-state index contributed by atoms with van der Waals surface area (Å²) in [7, 11) is -4.36. The third-order valence-electron chi connectivity index (χ3n) is 4.68. The Morgan fingerprint density at radius 1 is 0.704 bits per heavy atom. The van der Waals surface area contributed by atoms with Crippen molar-refractivity contribution in [2.24, 2.45) is 0 Å². The van der Waals surface area contributed by atoms with Gasteiger partial charge in [-0.05, 0) is 12.8 Å². The van der Waals surface area contributed by atoms with Gasteiger partial charge in [-0.3, -0.25) is 4.55 Å². The second-order valence-electron chi connectivity index (χ2n) is 7.21. The molecule has 0 spiro atoms. The maximum atomic E-state index is 10.6. The number of hydrogen-bond acceptors (Lipinski definition) is 5. The summed E-state index contributed by atoms with van der Waals surface area (Å²) in [4.78, 5) is 0. The monoisotopic (exact) mass is 411 g/mol. The van der Waals surface area contributed by atoms with Crippen LogP contribution in [0, 0.1) is 0 Å². The lowest BCUT2D eigenvalue weighted by atomic mass is 10.0. The van der Waals surface area contributed by atoms with Gasteiger partial charge in [0.1, 0.15) is 0 Å². The van der Waals surface area contributed by atoms with Gasteiger partial charge in [0.2, 0.25) is 0 Å². The van der Waals surface area contributed by atoms with Crippen molar-refractivity contribution in [1.82, 2.24) is 6.15 Å². The fourth-order valence-corrected chi connectivity index (χ4v) is 3.43. The largest absolute Gasteiger partial charge is 0.397 e. The van der Waals surface area contributed by atoms with Crippen LogP contribution in [0.2, 0.25) is 0 Å². The lowest BCUT2D eigenvalue weighted by Crippen LogP contribution is -2.18. The summed E-state index contributed by atoms with van der Waals surface area (Å²) >= 11 is 0. The van der Waals surface area contributed by atoms with Gasteiger partial charge in [0.25, 0.3) is 0 Å². The lowest BCUT2D eigenvalue weighted by Gasteiger charge is -2.18. The second kappa shape index (κ2) is 20.5. The number of rotatable bonds is 20. The van der Waals surface area contributed by atoms with Gasteiger partial charge in [-0.1, -0.05) is 97.3 Å². The zero-order chi connectivity index (χ0) is 19.5. The molecule has 0 aliphatic carbocycles. The molecular formula is C20H45NO5S. The summed E-state index contributed by atoms with van der Waals surface area (Å²) in [5.41, 5.74) is 0. The molecule has 166 valence electrons. The molecule has 0 amide bonds. The van der Waals surface area contributed by atoms with Gasteiger partial charge in [-0.2, -0.15) is 8.42 Å². The molecular weight excluding hydrogens is 366 g/mol. The summed E-state index contributed by atoms with van der Waals surface area (Å²) in [5.74, 6) is 0. The van der Waals surface area contributed by atoms with E-state index < -0.39 is 10.4 Å². The highest BCUT2D eigenvalue weighted by Crippen LogP contribution is 2.17. The molecule has 0 aliphatic rings. The van der Waals surface area contributed by atoms with Crippen LogP contribution in [0.15, 0.2) is 0 Å². The van der Waals surface area contributed by atoms with Gasteiger partial charge < -0.3 is 10.9 Å². The van der Waals surface area contributed by atoms with Crippen LogP contribution >= 0.6 is 0 Å². The van der Waals surface area contributed by atoms with Gasteiger partial charge in [-0.25, -0.2) is 4.18 Å². The summed E-state index contributed by atoms with van der Waals surface area (Å²) in [5, 5.41) is 0. The molecule has 0 heterocycles. The molecule has 0 aromatic heterocycles. The molecule has 0 fully saturated rings. The Balaban J connectivity index is 0. The quantitative estimate of drug-likeness (QED) is 0.181. The molecule has 7 heteroatoms. The Labute approximate surface area is 168 Å². The first-order chi connectivity index (χ1) is 12.5. The van der Waals surface area contributed by atoms with Crippen LogP contribution in [0.1, 0.15) is 110 Å². The highest BCUT2D eigenvalue weighted by Gasteiger charge is 2.10. The third kappa shape index (κ3) is 23.8. The van der Waals surface area contributed by atoms with E-state index in [9.17, 15) is 8.42 Å². The average Bonchev–Trinajstić information content (AvgIpc) is 2.59. The van der Waals surface area contributed by atoms with Gasteiger partial charge in [0, 0.05) is 0 Å². The highest BCUT2D eigenvalue weighted by atomic mass is 32.3. The Morgan fingerprint density at radius 2 is 1.11 bits per heavy atom. The first kappa shape index (κ1) is 29.0. The van der Waals surface area contributed by atoms with Crippen LogP contribution < -0.4 is 6.15 Å². The Hall–Kier alpha value is -0.210. The molecule has 0 rings (SSSR count). The summed E-state index contributed by atoms with van der Waals surface area (Å²) in [6, 6.07) is 0. The maximum Gasteiger partial charge on any atom is 0.397 e. The van der Waals surface area contributed by atoms with E-state index in [0.717, 1.165) is 25.7 Å². The van der Waals surface area contributed by atoms with E-state index in [1.165, 1.54) is 70.6 Å². The van der Waals surface area contributed by atoms with Gasteiger partial charge in [0.05, 0.1) is 19.3 Å². The van der Waals surface area contributed by atoms with Crippen molar-refractivity contribution < 1.29 is 21.9 Å². The van der Waals surface area contributed by atoms with E-state index in [2.05, 4.69) is 18.0 Å². The molecule has 0 aromatic rings. The molecule has 0 aromatic carbocycles. The van der Waals surface area contributed by atoms with E-state index >= 15 is 0 Å². The minimum atomic E-state index is -4.36. The van der Waals surface area contributed by atoms with Crippen LogP contribution in [0.5, 0.6) is 0 Å². The van der Waals surface area contributed by atoms with Crippen LogP contribution in [-0.4, -0.2) is 32.3 Å². The van der Waals surface area contributed by atoms with Crippen molar-refractivity contribution in [3.05, 3.63) is 0 Å². The SMILES string of the molecule is CCCCCCCCCC(CCCCCCCC)OCCOS(=O)(=O)O.N. The second-order valence-corrected chi connectivity index (χ2v) is 8.30. The number of hydrogen-bond donors (Lipinski definition) is 2. The molecule has 0 bridgehead atoms. The normalized spacial score (nSPS) is 12.7. The fourth-order valence-electron chi connectivity index (χ4n) is 3.15. The predicted molar refractivity (Wildman–Crippen MR) is 113 cm³/mol. The molecule has 0 radical (unpaired) electrons. The van der Waals surface area contributed by atoms with Gasteiger partial charge in [0.15, 0.2) is 0 Å². The highest BCUT2D eigenvalue weighted by molar-refractivity contribution is 7.80. The standard InChI is InChI=1S/C20H42O5S.H3N/c1-3-5-7-9-11-13-15-17-20(16-14-12-10-8-6-4-2)24-18-19-25-26(21,22)23;/h20H,3-19H2,1-2H3,(H,21,22,23);1H3. The summed E-state index contributed by atoms with van der Waals surface area (Å²) in [6.07, 6.45) is 18.7. The molecule has 1 atom stereocenters. The summed E-state index contributed by atoms with van der Waals surface area (Å²) < 4.78 is 39.9. The molecule has 0 aliphatic heterocycles. The van der Waals surface area contributed by atoms with Crippen molar-refractivity contribution in [3.63, 3.8) is 0 Å². The Kier molecular flexibility index (Phi) is 22.0. The van der Waals surface area contributed by atoms with E-state index in [0.29, 0.717) is 0 Å². The minimum absolute atomic E-state index is 0. The Bertz CT molecular complexity index is 390. The van der Waals surface area contributed by atoms with Gasteiger partial charge >= 0.3 is 10.4 Å². The van der Waals surface area contributed by atoms with Crippen molar-refractivity contribution in [1.29, 1.82) is 0 Å². The fraction of sp³-hybridized carbons (Fsp3) is 1.00. The average molecular weight is 412 g/mol. The topological polar surface area (TPSA) is 108 Å². The zero-order valence-corrected chi connectivity index (χ0v) is 18.6. The first-order valence-electron chi connectivity index (χ1n) is 10.7. The zero-order valence-electron chi connectivity index (χ0n) is 17.8. The van der Waals surface area contributed by atoms with E-state index in [4.69, 9.17) is 9.29 Å².